The Morgan fingerprint density at radius 2 is 1.58 bits per heavy atom. The first-order chi connectivity index (χ1) is 17.3. The topological polar surface area (TPSA) is 147 Å². The Morgan fingerprint density at radius 1 is 0.917 bits per heavy atom. The Kier molecular flexibility index (Phi) is 7.14. The molecular formula is C24H24FN7O4. The Morgan fingerprint density at radius 3 is 2.22 bits per heavy atom. The molecule has 0 unspecified atom stereocenters. The highest BCUT2D eigenvalue weighted by molar-refractivity contribution is 6.04. The van der Waals surface area contributed by atoms with Gasteiger partial charge in [-0.2, -0.15) is 10.0 Å². The van der Waals surface area contributed by atoms with Crippen LogP contribution in [0.1, 0.15) is 12.8 Å². The number of benzene rings is 2. The monoisotopic (exact) mass is 493 g/mol. The number of nitrogens with zero attached hydrogens (tertiary/aromatic N) is 4. The highest BCUT2D eigenvalue weighted by Crippen LogP contribution is 2.30. The summed E-state index contributed by atoms with van der Waals surface area (Å²) >= 11 is 0. The fraction of sp³-hybridized carbons (Fsp3) is 0.167. The molecule has 0 radical (unpaired) electrons. The number of pyridine rings is 1. The molecule has 0 aliphatic carbocycles. The number of hydrazine groups is 1. The number of carbonyl (C=O) groups is 3. The quantitative estimate of drug-likeness (QED) is 0.459. The van der Waals surface area contributed by atoms with Gasteiger partial charge in [0.05, 0.1) is 11.4 Å². The second kappa shape index (κ2) is 10.6. The van der Waals surface area contributed by atoms with E-state index in [4.69, 9.17) is 16.2 Å². The number of hydrogen-bond acceptors (Lipinski definition) is 5. The molecule has 5 N–H and O–H groups in total. The number of urea groups is 3. The SMILES string of the molecule is NC(=O)N(c1ccccc1)N(C(N)=O)c1ccc(Oc2ccnc(NC(=O)N3CCCC3)c2)c(F)c1. The Balaban J connectivity index is 1.54. The predicted molar refractivity (Wildman–Crippen MR) is 131 cm³/mol. The van der Waals surface area contributed by atoms with Crippen LogP contribution < -0.4 is 31.5 Å². The minimum Gasteiger partial charge on any atom is -0.454 e. The summed E-state index contributed by atoms with van der Waals surface area (Å²) in [5.41, 5.74) is 11.2. The van der Waals surface area contributed by atoms with E-state index in [0.717, 1.165) is 28.9 Å². The molecular weight excluding hydrogens is 469 g/mol. The third kappa shape index (κ3) is 5.43. The van der Waals surface area contributed by atoms with Gasteiger partial charge < -0.3 is 21.1 Å². The van der Waals surface area contributed by atoms with Crippen molar-refractivity contribution >= 4 is 35.3 Å². The van der Waals surface area contributed by atoms with Crippen LogP contribution in [0.4, 0.5) is 36.0 Å². The van der Waals surface area contributed by atoms with Gasteiger partial charge in [0, 0.05) is 31.4 Å². The maximum absolute atomic E-state index is 15.0. The molecule has 2 heterocycles. The molecule has 0 saturated carbocycles. The van der Waals surface area contributed by atoms with Gasteiger partial charge in [0.2, 0.25) is 0 Å². The van der Waals surface area contributed by atoms with Crippen molar-refractivity contribution in [2.45, 2.75) is 12.8 Å². The van der Waals surface area contributed by atoms with E-state index in [0.29, 0.717) is 13.1 Å². The number of hydrogen-bond donors (Lipinski definition) is 3. The van der Waals surface area contributed by atoms with Gasteiger partial charge in [-0.15, -0.1) is 0 Å². The summed E-state index contributed by atoms with van der Waals surface area (Å²) in [6.07, 6.45) is 3.32. The number of nitrogens with two attached hydrogens (primary N) is 2. The summed E-state index contributed by atoms with van der Waals surface area (Å²) in [4.78, 5) is 42.4. The molecule has 0 atom stereocenters. The summed E-state index contributed by atoms with van der Waals surface area (Å²) < 4.78 is 20.6. The zero-order chi connectivity index (χ0) is 25.7. The normalized spacial score (nSPS) is 12.6. The number of anilines is 3. The lowest BCUT2D eigenvalue weighted by Crippen LogP contribution is -2.54. The first-order valence-electron chi connectivity index (χ1n) is 11.1. The summed E-state index contributed by atoms with van der Waals surface area (Å²) in [5.74, 6) is -0.531. The van der Waals surface area contributed by atoms with Gasteiger partial charge in [0.15, 0.2) is 11.6 Å². The van der Waals surface area contributed by atoms with Crippen LogP contribution in [0.25, 0.3) is 0 Å². The molecule has 1 saturated heterocycles. The van der Waals surface area contributed by atoms with Crippen molar-refractivity contribution < 1.29 is 23.5 Å². The molecule has 1 aliphatic heterocycles. The van der Waals surface area contributed by atoms with E-state index in [-0.39, 0.29) is 34.7 Å². The van der Waals surface area contributed by atoms with Gasteiger partial charge in [0.1, 0.15) is 11.6 Å². The summed E-state index contributed by atoms with van der Waals surface area (Å²) in [6, 6.07) is 12.3. The van der Waals surface area contributed by atoms with Crippen molar-refractivity contribution in [3.05, 3.63) is 72.7 Å². The van der Waals surface area contributed by atoms with Gasteiger partial charge in [0.25, 0.3) is 0 Å². The predicted octanol–water partition coefficient (Wildman–Crippen LogP) is 4.03. The van der Waals surface area contributed by atoms with Crippen molar-refractivity contribution in [2.75, 3.05) is 28.4 Å². The fourth-order valence-corrected chi connectivity index (χ4v) is 3.73. The highest BCUT2D eigenvalue weighted by Gasteiger charge is 2.27. The molecule has 186 valence electrons. The van der Waals surface area contributed by atoms with Gasteiger partial charge in [-0.1, -0.05) is 18.2 Å². The Hall–Kier alpha value is -4.87. The number of rotatable bonds is 5. The number of halogens is 1. The van der Waals surface area contributed by atoms with Crippen LogP contribution in [0, 0.1) is 5.82 Å². The van der Waals surface area contributed by atoms with E-state index < -0.39 is 17.9 Å². The maximum atomic E-state index is 15.0. The fourth-order valence-electron chi connectivity index (χ4n) is 3.73. The molecule has 11 nitrogen and oxygen atoms in total. The van der Waals surface area contributed by atoms with E-state index in [2.05, 4.69) is 10.3 Å². The zero-order valence-electron chi connectivity index (χ0n) is 19.1. The minimum absolute atomic E-state index is 0.0525. The van der Waals surface area contributed by atoms with E-state index in [1.807, 2.05) is 0 Å². The van der Waals surface area contributed by atoms with Crippen LogP contribution in [0.2, 0.25) is 0 Å². The van der Waals surface area contributed by atoms with Crippen molar-refractivity contribution in [3.8, 4) is 11.5 Å². The lowest BCUT2D eigenvalue weighted by Gasteiger charge is -2.32. The van der Waals surface area contributed by atoms with E-state index in [9.17, 15) is 14.4 Å². The third-order valence-corrected chi connectivity index (χ3v) is 5.37. The summed E-state index contributed by atoms with van der Waals surface area (Å²) in [6.45, 7) is 1.36. The molecule has 2 aromatic carbocycles. The molecule has 4 rings (SSSR count). The van der Waals surface area contributed by atoms with Gasteiger partial charge in [-0.05, 0) is 43.2 Å². The van der Waals surface area contributed by atoms with Crippen LogP contribution in [-0.4, -0.2) is 41.1 Å². The summed E-state index contributed by atoms with van der Waals surface area (Å²) in [7, 11) is 0. The highest BCUT2D eigenvalue weighted by atomic mass is 19.1. The number of para-hydroxylation sites is 1. The molecule has 0 bridgehead atoms. The van der Waals surface area contributed by atoms with Crippen molar-refractivity contribution in [1.82, 2.24) is 9.88 Å². The third-order valence-electron chi connectivity index (χ3n) is 5.37. The first-order valence-corrected chi connectivity index (χ1v) is 11.1. The van der Waals surface area contributed by atoms with Crippen molar-refractivity contribution in [1.29, 1.82) is 0 Å². The first kappa shape index (κ1) is 24.3. The summed E-state index contributed by atoms with van der Waals surface area (Å²) in [5, 5.41) is 4.28. The molecule has 1 aliphatic rings. The molecule has 0 spiro atoms. The zero-order valence-corrected chi connectivity index (χ0v) is 19.1. The van der Waals surface area contributed by atoms with Gasteiger partial charge in [-0.3, -0.25) is 5.32 Å². The number of ether oxygens (including phenoxy) is 1. The van der Waals surface area contributed by atoms with Crippen LogP contribution in [0.5, 0.6) is 11.5 Å². The van der Waals surface area contributed by atoms with Crippen LogP contribution in [-0.2, 0) is 0 Å². The smallest absolute Gasteiger partial charge is 0.338 e. The standard InChI is InChI=1S/C24H24FN7O4/c25-19-14-17(32(23(27)34)31(22(26)33)16-6-2-1-3-7-16)8-9-20(19)36-18-10-11-28-21(15-18)29-24(35)30-12-4-5-13-30/h1-3,6-11,14-15H,4-5,12-13H2,(H2,26,33)(H2,27,34)(H,28,29,35). The molecule has 6 amide bonds. The van der Waals surface area contributed by atoms with E-state index >= 15 is 4.39 Å². The Labute approximate surface area is 206 Å². The minimum atomic E-state index is -1.06. The van der Waals surface area contributed by atoms with Crippen molar-refractivity contribution in [2.24, 2.45) is 11.5 Å². The number of likely N-dealkylation sites (tertiary alicyclic amines) is 1. The average Bonchev–Trinajstić information content (AvgIpc) is 3.39. The number of nitrogens with one attached hydrogen (secondary N) is 1. The molecule has 3 aromatic rings. The van der Waals surface area contributed by atoms with Gasteiger partial charge >= 0.3 is 18.1 Å². The number of primary amides is 2. The molecule has 1 aromatic heterocycles. The maximum Gasteiger partial charge on any atom is 0.338 e. The molecule has 12 heteroatoms. The Bertz CT molecular complexity index is 1270. The van der Waals surface area contributed by atoms with Gasteiger partial charge in [-0.25, -0.2) is 23.8 Å². The second-order valence-electron chi connectivity index (χ2n) is 7.85. The lowest BCUT2D eigenvalue weighted by atomic mass is 10.2. The van der Waals surface area contributed by atoms with E-state index in [1.54, 1.807) is 23.1 Å². The lowest BCUT2D eigenvalue weighted by molar-refractivity contribution is 0.222. The van der Waals surface area contributed by atoms with Crippen molar-refractivity contribution in [3.63, 3.8) is 0 Å². The average molecular weight is 493 g/mol. The largest absolute Gasteiger partial charge is 0.454 e. The molecule has 1 fully saturated rings. The van der Waals surface area contributed by atoms with E-state index in [1.165, 1.54) is 42.6 Å². The van der Waals surface area contributed by atoms with Crippen LogP contribution in [0.3, 0.4) is 0 Å². The number of aromatic nitrogens is 1. The number of carbonyl (C=O) groups excluding carboxylic acids is 3. The van der Waals surface area contributed by atoms with Crippen LogP contribution >= 0.6 is 0 Å². The van der Waals surface area contributed by atoms with Crippen LogP contribution in [0.15, 0.2) is 66.9 Å². The number of amides is 6. The second-order valence-corrected chi connectivity index (χ2v) is 7.85. The molecule has 36 heavy (non-hydrogen) atoms.